The second kappa shape index (κ2) is 4.77. The van der Waals surface area contributed by atoms with Gasteiger partial charge in [-0.15, -0.1) is 0 Å². The average molecular weight is 274 g/mol. The Morgan fingerprint density at radius 3 is 2.80 bits per heavy atom. The van der Waals surface area contributed by atoms with Crippen molar-refractivity contribution < 1.29 is 9.90 Å². The largest absolute Gasteiger partial charge is 0.481 e. The Bertz CT molecular complexity index is 650. The molecule has 0 bridgehead atoms. The van der Waals surface area contributed by atoms with Crippen molar-refractivity contribution in [1.29, 1.82) is 0 Å². The number of aromatic amines is 1. The zero-order chi connectivity index (χ0) is 14.3. The van der Waals surface area contributed by atoms with Crippen LogP contribution >= 0.6 is 0 Å². The van der Waals surface area contributed by atoms with E-state index >= 15 is 0 Å². The maximum absolute atomic E-state index is 11.0. The summed E-state index contributed by atoms with van der Waals surface area (Å²) in [5.74, 6) is 1.00. The van der Waals surface area contributed by atoms with Crippen LogP contribution in [0.25, 0.3) is 11.2 Å². The van der Waals surface area contributed by atoms with E-state index in [1.165, 1.54) is 0 Å². The van der Waals surface area contributed by atoms with Crippen LogP contribution in [0, 0.1) is 5.92 Å². The summed E-state index contributed by atoms with van der Waals surface area (Å²) in [6, 6.07) is 3.91. The summed E-state index contributed by atoms with van der Waals surface area (Å²) >= 11 is 0. The molecule has 0 amide bonds. The number of aliphatic carboxylic acids is 1. The Balaban J connectivity index is 1.88. The van der Waals surface area contributed by atoms with Crippen LogP contribution in [0.1, 0.15) is 31.0 Å². The number of nitrogens with one attached hydrogen (secondary N) is 1. The van der Waals surface area contributed by atoms with Crippen LogP contribution in [0.5, 0.6) is 0 Å². The van der Waals surface area contributed by atoms with Gasteiger partial charge in [0.15, 0.2) is 5.65 Å². The summed E-state index contributed by atoms with van der Waals surface area (Å²) < 4.78 is 0. The van der Waals surface area contributed by atoms with Crippen molar-refractivity contribution in [1.82, 2.24) is 15.0 Å². The lowest BCUT2D eigenvalue weighted by molar-refractivity contribution is -0.141. The van der Waals surface area contributed by atoms with E-state index in [1.807, 2.05) is 31.1 Å². The van der Waals surface area contributed by atoms with Gasteiger partial charge < -0.3 is 15.0 Å². The first-order chi connectivity index (χ1) is 9.54. The van der Waals surface area contributed by atoms with Gasteiger partial charge in [-0.2, -0.15) is 0 Å². The summed E-state index contributed by atoms with van der Waals surface area (Å²) in [4.78, 5) is 25.3. The fourth-order valence-electron chi connectivity index (χ4n) is 2.80. The quantitative estimate of drug-likeness (QED) is 0.894. The predicted molar refractivity (Wildman–Crippen MR) is 75.9 cm³/mol. The Hall–Kier alpha value is -2.11. The molecule has 1 fully saturated rings. The molecule has 106 valence electrons. The number of carboxylic acid groups (broad SMARTS) is 1. The van der Waals surface area contributed by atoms with E-state index in [-0.39, 0.29) is 11.8 Å². The van der Waals surface area contributed by atoms with E-state index in [9.17, 15) is 4.79 Å². The highest BCUT2D eigenvalue weighted by Gasteiger charge is 2.32. The molecule has 2 aromatic rings. The minimum Gasteiger partial charge on any atom is -0.481 e. The predicted octanol–water partition coefficient (Wildman–Crippen LogP) is 1.99. The first-order valence-electron chi connectivity index (χ1n) is 6.81. The molecule has 0 spiro atoms. The highest BCUT2D eigenvalue weighted by atomic mass is 16.4. The molecule has 2 heterocycles. The summed E-state index contributed by atoms with van der Waals surface area (Å²) in [6.45, 7) is 0. The number of imidazole rings is 1. The molecule has 2 aromatic heterocycles. The molecule has 0 aromatic carbocycles. The smallest absolute Gasteiger partial charge is 0.306 e. The van der Waals surface area contributed by atoms with E-state index in [0.717, 1.165) is 30.0 Å². The average Bonchev–Trinajstić information content (AvgIpc) is 3.04. The Kier molecular flexibility index (Phi) is 3.08. The van der Waals surface area contributed by atoms with Gasteiger partial charge in [0, 0.05) is 20.0 Å². The molecule has 1 aliphatic carbocycles. The topological polar surface area (TPSA) is 82.1 Å². The van der Waals surface area contributed by atoms with Gasteiger partial charge in [0.1, 0.15) is 11.6 Å². The molecule has 0 aliphatic heterocycles. The monoisotopic (exact) mass is 274 g/mol. The fraction of sp³-hybridized carbons (Fsp3) is 0.500. The second-order valence-corrected chi connectivity index (χ2v) is 5.60. The highest BCUT2D eigenvalue weighted by molar-refractivity contribution is 5.73. The van der Waals surface area contributed by atoms with Crippen molar-refractivity contribution in [3.05, 3.63) is 18.0 Å². The van der Waals surface area contributed by atoms with Gasteiger partial charge in [-0.1, -0.05) is 0 Å². The van der Waals surface area contributed by atoms with Gasteiger partial charge in [0.2, 0.25) is 0 Å². The third kappa shape index (κ3) is 2.21. The Morgan fingerprint density at radius 1 is 1.35 bits per heavy atom. The number of aromatic nitrogens is 3. The molecule has 1 saturated carbocycles. The summed E-state index contributed by atoms with van der Waals surface area (Å²) in [6.07, 6.45) is 2.26. The van der Waals surface area contributed by atoms with Gasteiger partial charge in [-0.25, -0.2) is 9.97 Å². The Morgan fingerprint density at radius 2 is 2.15 bits per heavy atom. The molecule has 3 rings (SSSR count). The van der Waals surface area contributed by atoms with Crippen LogP contribution in [0.2, 0.25) is 0 Å². The number of carbonyl (C=O) groups is 1. The molecular formula is C14H18N4O2. The van der Waals surface area contributed by atoms with E-state index in [4.69, 9.17) is 5.11 Å². The first-order valence-corrected chi connectivity index (χ1v) is 6.81. The molecule has 6 heteroatoms. The van der Waals surface area contributed by atoms with Crippen molar-refractivity contribution in [2.75, 3.05) is 19.0 Å². The number of carboxylic acids is 1. The molecular weight excluding hydrogens is 256 g/mol. The van der Waals surface area contributed by atoms with Gasteiger partial charge >= 0.3 is 5.97 Å². The van der Waals surface area contributed by atoms with Gasteiger partial charge in [0.25, 0.3) is 0 Å². The SMILES string of the molecule is CN(C)c1ccc2[nH]c(C3CCC(C(=O)O)C3)nc2n1. The van der Waals surface area contributed by atoms with Crippen LogP contribution in [-0.2, 0) is 4.79 Å². The summed E-state index contributed by atoms with van der Waals surface area (Å²) in [5, 5.41) is 9.07. The first kappa shape index (κ1) is 12.9. The van der Waals surface area contributed by atoms with E-state index in [1.54, 1.807) is 0 Å². The number of hydrogen-bond donors (Lipinski definition) is 2. The van der Waals surface area contributed by atoms with Crippen molar-refractivity contribution in [3.63, 3.8) is 0 Å². The van der Waals surface area contributed by atoms with Crippen LogP contribution < -0.4 is 4.90 Å². The lowest BCUT2D eigenvalue weighted by Crippen LogP contribution is -2.10. The zero-order valence-electron chi connectivity index (χ0n) is 11.6. The number of fused-ring (bicyclic) bond motifs is 1. The van der Waals surface area contributed by atoms with Crippen LogP contribution in [-0.4, -0.2) is 40.1 Å². The van der Waals surface area contributed by atoms with Gasteiger partial charge in [-0.05, 0) is 31.4 Å². The molecule has 20 heavy (non-hydrogen) atoms. The fourth-order valence-corrected chi connectivity index (χ4v) is 2.80. The van der Waals surface area contributed by atoms with Crippen molar-refractivity contribution in [3.8, 4) is 0 Å². The van der Waals surface area contributed by atoms with Crippen molar-refractivity contribution >= 4 is 23.0 Å². The molecule has 2 atom stereocenters. The van der Waals surface area contributed by atoms with E-state index < -0.39 is 5.97 Å². The number of hydrogen-bond acceptors (Lipinski definition) is 4. The van der Waals surface area contributed by atoms with Gasteiger partial charge in [-0.3, -0.25) is 4.79 Å². The van der Waals surface area contributed by atoms with Crippen LogP contribution in [0.3, 0.4) is 0 Å². The molecule has 2 N–H and O–H groups in total. The number of nitrogens with zero attached hydrogens (tertiary/aromatic N) is 3. The molecule has 2 unspecified atom stereocenters. The normalized spacial score (nSPS) is 22.3. The van der Waals surface area contributed by atoms with Crippen LogP contribution in [0.15, 0.2) is 12.1 Å². The minimum atomic E-state index is -0.698. The minimum absolute atomic E-state index is 0.202. The number of pyridine rings is 1. The maximum Gasteiger partial charge on any atom is 0.306 e. The third-order valence-electron chi connectivity index (χ3n) is 3.98. The lowest BCUT2D eigenvalue weighted by atomic mass is 10.0. The maximum atomic E-state index is 11.0. The van der Waals surface area contributed by atoms with Crippen LogP contribution in [0.4, 0.5) is 5.82 Å². The number of H-pyrrole nitrogens is 1. The van der Waals surface area contributed by atoms with E-state index in [2.05, 4.69) is 15.0 Å². The highest BCUT2D eigenvalue weighted by Crippen LogP contribution is 2.37. The van der Waals surface area contributed by atoms with Gasteiger partial charge in [0.05, 0.1) is 11.4 Å². The summed E-state index contributed by atoms with van der Waals surface area (Å²) in [5.41, 5.74) is 1.61. The number of rotatable bonds is 3. The van der Waals surface area contributed by atoms with Crippen molar-refractivity contribution in [2.24, 2.45) is 5.92 Å². The standard InChI is InChI=1S/C14H18N4O2/c1-18(2)11-6-5-10-13(16-11)17-12(15-10)8-3-4-9(7-8)14(19)20/h5-6,8-9H,3-4,7H2,1-2H3,(H,19,20)(H,15,16,17). The molecule has 0 saturated heterocycles. The van der Waals surface area contributed by atoms with Crippen molar-refractivity contribution in [2.45, 2.75) is 25.2 Å². The second-order valence-electron chi connectivity index (χ2n) is 5.60. The van der Waals surface area contributed by atoms with E-state index in [0.29, 0.717) is 12.1 Å². The number of anilines is 1. The summed E-state index contributed by atoms with van der Waals surface area (Å²) in [7, 11) is 3.88. The molecule has 0 radical (unpaired) electrons. The lowest BCUT2D eigenvalue weighted by Gasteiger charge is -2.09. The molecule has 1 aliphatic rings. The Labute approximate surface area is 116 Å². The zero-order valence-corrected chi connectivity index (χ0v) is 11.6. The molecule has 6 nitrogen and oxygen atoms in total. The third-order valence-corrected chi connectivity index (χ3v) is 3.98.